The van der Waals surface area contributed by atoms with E-state index in [1.165, 1.54) is 17.1 Å². The summed E-state index contributed by atoms with van der Waals surface area (Å²) in [5.41, 5.74) is 1.24. The molecule has 1 N–H and O–H groups in total. The van der Waals surface area contributed by atoms with Crippen molar-refractivity contribution >= 4 is 11.3 Å². The summed E-state index contributed by atoms with van der Waals surface area (Å²) in [7, 11) is 0. The van der Waals surface area contributed by atoms with Crippen LogP contribution in [0.2, 0.25) is 0 Å². The normalized spacial score (nSPS) is 11.1. The summed E-state index contributed by atoms with van der Waals surface area (Å²) in [5.74, 6) is 0. The Kier molecular flexibility index (Phi) is 5.12. The molecule has 1 rings (SSSR count). The zero-order chi connectivity index (χ0) is 10.4. The molecule has 1 aromatic heterocycles. The molecule has 3 heteroatoms. The van der Waals surface area contributed by atoms with Gasteiger partial charge in [-0.15, -0.1) is 11.3 Å². The molecule has 0 bridgehead atoms. The third kappa shape index (κ3) is 4.20. The third-order valence-electron chi connectivity index (χ3n) is 2.00. The van der Waals surface area contributed by atoms with Gasteiger partial charge in [0.25, 0.3) is 0 Å². The standard InChI is InChI=1S/C11H20N2S/c1-4-5-11-13-10(8-14-11)6-7-12-9(2)3/h8-9,12H,4-7H2,1-3H3. The summed E-state index contributed by atoms with van der Waals surface area (Å²) >= 11 is 1.79. The Balaban J connectivity index is 2.28. The maximum atomic E-state index is 4.58. The number of aryl methyl sites for hydroxylation is 1. The molecular formula is C11H20N2S. The van der Waals surface area contributed by atoms with E-state index in [2.05, 4.69) is 36.5 Å². The SMILES string of the molecule is CCCc1nc(CCNC(C)C)cs1. The Hall–Kier alpha value is -0.410. The molecule has 0 saturated heterocycles. The van der Waals surface area contributed by atoms with Crippen LogP contribution in [0.3, 0.4) is 0 Å². The number of rotatable bonds is 6. The lowest BCUT2D eigenvalue weighted by atomic mass is 10.3. The van der Waals surface area contributed by atoms with Gasteiger partial charge in [-0.25, -0.2) is 4.98 Å². The van der Waals surface area contributed by atoms with Gasteiger partial charge in [-0.05, 0) is 12.8 Å². The lowest BCUT2D eigenvalue weighted by Crippen LogP contribution is -2.25. The highest BCUT2D eigenvalue weighted by atomic mass is 32.1. The lowest BCUT2D eigenvalue weighted by molar-refractivity contribution is 0.587. The highest BCUT2D eigenvalue weighted by Crippen LogP contribution is 2.11. The van der Waals surface area contributed by atoms with Gasteiger partial charge in [0.15, 0.2) is 0 Å². The fourth-order valence-electron chi connectivity index (χ4n) is 1.28. The molecule has 1 heterocycles. The van der Waals surface area contributed by atoms with Gasteiger partial charge in [0, 0.05) is 24.4 Å². The zero-order valence-corrected chi connectivity index (χ0v) is 10.2. The maximum Gasteiger partial charge on any atom is 0.0928 e. The first-order chi connectivity index (χ1) is 6.72. The summed E-state index contributed by atoms with van der Waals surface area (Å²) in [6, 6.07) is 0.573. The van der Waals surface area contributed by atoms with Crippen LogP contribution in [0.1, 0.15) is 37.9 Å². The maximum absolute atomic E-state index is 4.58. The van der Waals surface area contributed by atoms with E-state index in [4.69, 9.17) is 0 Å². The van der Waals surface area contributed by atoms with E-state index in [1.807, 2.05) is 0 Å². The van der Waals surface area contributed by atoms with E-state index in [-0.39, 0.29) is 0 Å². The Morgan fingerprint density at radius 3 is 2.86 bits per heavy atom. The topological polar surface area (TPSA) is 24.9 Å². The predicted octanol–water partition coefficient (Wildman–Crippen LogP) is 2.64. The van der Waals surface area contributed by atoms with Crippen molar-refractivity contribution in [1.82, 2.24) is 10.3 Å². The van der Waals surface area contributed by atoms with Gasteiger partial charge in [-0.1, -0.05) is 20.8 Å². The number of aromatic nitrogens is 1. The summed E-state index contributed by atoms with van der Waals surface area (Å²) in [6.07, 6.45) is 3.37. The highest BCUT2D eigenvalue weighted by Gasteiger charge is 2.01. The van der Waals surface area contributed by atoms with Crippen LogP contribution in [-0.4, -0.2) is 17.6 Å². The Morgan fingerprint density at radius 1 is 1.43 bits per heavy atom. The number of hydrogen-bond donors (Lipinski definition) is 1. The summed E-state index contributed by atoms with van der Waals surface area (Å²) in [6.45, 7) is 7.57. The molecule has 0 atom stereocenters. The first kappa shape index (κ1) is 11.7. The number of nitrogens with zero attached hydrogens (tertiary/aromatic N) is 1. The number of nitrogens with one attached hydrogen (secondary N) is 1. The molecule has 0 unspecified atom stereocenters. The van der Waals surface area contributed by atoms with Crippen LogP contribution >= 0.6 is 11.3 Å². The molecule has 80 valence electrons. The van der Waals surface area contributed by atoms with Gasteiger partial charge >= 0.3 is 0 Å². The van der Waals surface area contributed by atoms with Crippen LogP contribution in [0.4, 0.5) is 0 Å². The average molecular weight is 212 g/mol. The summed E-state index contributed by atoms with van der Waals surface area (Å²) < 4.78 is 0. The van der Waals surface area contributed by atoms with Gasteiger partial charge in [0.2, 0.25) is 0 Å². The fraction of sp³-hybridized carbons (Fsp3) is 0.727. The van der Waals surface area contributed by atoms with Crippen LogP contribution < -0.4 is 5.32 Å². The summed E-state index contributed by atoms with van der Waals surface area (Å²) in [5, 5.41) is 6.87. The average Bonchev–Trinajstić information content (AvgIpc) is 2.53. The molecule has 0 radical (unpaired) electrons. The molecule has 0 aromatic carbocycles. The quantitative estimate of drug-likeness (QED) is 0.784. The molecule has 0 aliphatic carbocycles. The van der Waals surface area contributed by atoms with Gasteiger partial charge in [0.05, 0.1) is 10.7 Å². The second-order valence-electron chi connectivity index (χ2n) is 3.84. The smallest absolute Gasteiger partial charge is 0.0928 e. The molecule has 14 heavy (non-hydrogen) atoms. The van der Waals surface area contributed by atoms with Crippen molar-refractivity contribution in [3.05, 3.63) is 16.1 Å². The van der Waals surface area contributed by atoms with E-state index in [9.17, 15) is 0 Å². The zero-order valence-electron chi connectivity index (χ0n) is 9.34. The molecule has 2 nitrogen and oxygen atoms in total. The predicted molar refractivity (Wildman–Crippen MR) is 63.0 cm³/mol. The third-order valence-corrected chi connectivity index (χ3v) is 2.95. The molecule has 1 aromatic rings. The van der Waals surface area contributed by atoms with E-state index in [0.717, 1.165) is 19.4 Å². The van der Waals surface area contributed by atoms with Crippen molar-refractivity contribution in [2.75, 3.05) is 6.54 Å². The van der Waals surface area contributed by atoms with E-state index in [1.54, 1.807) is 11.3 Å². The minimum atomic E-state index is 0.573. The van der Waals surface area contributed by atoms with Crippen LogP contribution in [0, 0.1) is 0 Å². The van der Waals surface area contributed by atoms with Gasteiger partial charge in [-0.2, -0.15) is 0 Å². The van der Waals surface area contributed by atoms with Crippen molar-refractivity contribution in [3.63, 3.8) is 0 Å². The van der Waals surface area contributed by atoms with Crippen LogP contribution in [0.25, 0.3) is 0 Å². The van der Waals surface area contributed by atoms with Gasteiger partial charge in [0.1, 0.15) is 0 Å². The van der Waals surface area contributed by atoms with Crippen molar-refractivity contribution in [3.8, 4) is 0 Å². The first-order valence-corrected chi connectivity index (χ1v) is 6.27. The first-order valence-electron chi connectivity index (χ1n) is 5.39. The van der Waals surface area contributed by atoms with Crippen LogP contribution in [0.15, 0.2) is 5.38 Å². The molecule has 0 fully saturated rings. The van der Waals surface area contributed by atoms with E-state index < -0.39 is 0 Å². The van der Waals surface area contributed by atoms with Crippen molar-refractivity contribution in [1.29, 1.82) is 0 Å². The number of thiazole rings is 1. The largest absolute Gasteiger partial charge is 0.314 e. The van der Waals surface area contributed by atoms with Crippen molar-refractivity contribution in [2.45, 2.75) is 46.1 Å². The minimum Gasteiger partial charge on any atom is -0.314 e. The lowest BCUT2D eigenvalue weighted by Gasteiger charge is -2.05. The van der Waals surface area contributed by atoms with Gasteiger partial charge < -0.3 is 5.32 Å². The molecule has 0 aliphatic heterocycles. The Bertz CT molecular complexity index is 256. The fourth-order valence-corrected chi connectivity index (χ4v) is 2.22. The molecule has 0 saturated carbocycles. The highest BCUT2D eigenvalue weighted by molar-refractivity contribution is 7.09. The Morgan fingerprint density at radius 2 is 2.21 bits per heavy atom. The monoisotopic (exact) mass is 212 g/mol. The van der Waals surface area contributed by atoms with Crippen molar-refractivity contribution in [2.24, 2.45) is 0 Å². The molecule has 0 amide bonds. The summed E-state index contributed by atoms with van der Waals surface area (Å²) in [4.78, 5) is 4.58. The van der Waals surface area contributed by atoms with Crippen LogP contribution in [-0.2, 0) is 12.8 Å². The van der Waals surface area contributed by atoms with E-state index >= 15 is 0 Å². The van der Waals surface area contributed by atoms with Crippen LogP contribution in [0.5, 0.6) is 0 Å². The second kappa shape index (κ2) is 6.14. The van der Waals surface area contributed by atoms with Crippen molar-refractivity contribution < 1.29 is 0 Å². The molecule has 0 spiro atoms. The Labute approximate surface area is 90.8 Å². The molecular weight excluding hydrogens is 192 g/mol. The minimum absolute atomic E-state index is 0.573. The molecule has 0 aliphatic rings. The number of hydrogen-bond acceptors (Lipinski definition) is 3. The van der Waals surface area contributed by atoms with E-state index in [0.29, 0.717) is 6.04 Å². The van der Waals surface area contributed by atoms with Gasteiger partial charge in [-0.3, -0.25) is 0 Å². The second-order valence-corrected chi connectivity index (χ2v) is 4.78.